The number of methoxy groups -OCH3 is 1. The van der Waals surface area contributed by atoms with Crippen molar-refractivity contribution in [1.82, 2.24) is 4.90 Å². The minimum Gasteiger partial charge on any atom is -0.493 e. The number of carbonyl (C=O) groups excluding carboxylic acids is 1. The first-order chi connectivity index (χ1) is 9.74. The number of aliphatic imine (C=N–C) groups is 1. The summed E-state index contributed by atoms with van der Waals surface area (Å²) in [5.41, 5.74) is 6.56. The number of carbonyl (C=O) groups is 1. The maximum Gasteiger partial charge on any atom is 0.256 e. The van der Waals surface area contributed by atoms with E-state index in [9.17, 15) is 4.79 Å². The van der Waals surface area contributed by atoms with Gasteiger partial charge in [-0.3, -0.25) is 15.5 Å². The van der Waals surface area contributed by atoms with Crippen molar-refractivity contribution in [3.63, 3.8) is 0 Å². The largest absolute Gasteiger partial charge is 0.493 e. The Morgan fingerprint density at radius 2 is 2.30 bits per heavy atom. The van der Waals surface area contributed by atoms with Crippen LogP contribution in [0.1, 0.15) is 23.2 Å². The van der Waals surface area contributed by atoms with Gasteiger partial charge in [0, 0.05) is 18.8 Å². The van der Waals surface area contributed by atoms with Crippen LogP contribution in [0, 0.1) is 0 Å². The molecule has 1 amide bonds. The molecule has 1 atom stereocenters. The number of fused-ring (bicyclic) bond motifs is 2. The minimum absolute atomic E-state index is 0.00222. The van der Waals surface area contributed by atoms with E-state index in [4.69, 9.17) is 15.2 Å². The van der Waals surface area contributed by atoms with Crippen molar-refractivity contribution >= 4 is 17.8 Å². The van der Waals surface area contributed by atoms with Crippen LogP contribution < -0.4 is 15.2 Å². The summed E-state index contributed by atoms with van der Waals surface area (Å²) in [7, 11) is 1.54. The van der Waals surface area contributed by atoms with E-state index in [-0.39, 0.29) is 18.7 Å². The second-order valence-electron chi connectivity index (χ2n) is 4.82. The van der Waals surface area contributed by atoms with Crippen LogP contribution in [0.2, 0.25) is 0 Å². The zero-order chi connectivity index (χ0) is 14.1. The molecule has 0 bridgehead atoms. The number of hydrogen-bond acceptors (Lipinski definition) is 5. The molecule has 0 saturated carbocycles. The Morgan fingerprint density at radius 1 is 1.45 bits per heavy atom. The average molecular weight is 275 g/mol. The molecule has 0 aliphatic carbocycles. The third-order valence-corrected chi connectivity index (χ3v) is 3.70. The van der Waals surface area contributed by atoms with Gasteiger partial charge in [0.25, 0.3) is 5.91 Å². The van der Waals surface area contributed by atoms with Crippen molar-refractivity contribution in [3.8, 4) is 11.5 Å². The Balaban J connectivity index is 2.08. The highest BCUT2D eigenvalue weighted by Crippen LogP contribution is 2.37. The summed E-state index contributed by atoms with van der Waals surface area (Å²) in [4.78, 5) is 18.9. The van der Waals surface area contributed by atoms with Crippen LogP contribution in [-0.4, -0.2) is 43.4 Å². The molecule has 1 fully saturated rings. The maximum absolute atomic E-state index is 12.6. The molecule has 1 unspecified atom stereocenters. The second kappa shape index (κ2) is 5.13. The fourth-order valence-corrected chi connectivity index (χ4v) is 2.71. The molecule has 0 aromatic heterocycles. The fourth-order valence-electron chi connectivity index (χ4n) is 2.71. The van der Waals surface area contributed by atoms with Gasteiger partial charge in [-0.05, 0) is 18.9 Å². The monoisotopic (exact) mass is 275 g/mol. The van der Waals surface area contributed by atoms with Crippen LogP contribution in [-0.2, 0) is 0 Å². The Kier molecular flexibility index (Phi) is 3.31. The first-order valence-corrected chi connectivity index (χ1v) is 6.64. The van der Waals surface area contributed by atoms with Crippen LogP contribution in [0.15, 0.2) is 17.1 Å². The van der Waals surface area contributed by atoms with Crippen LogP contribution in [0.4, 0.5) is 5.69 Å². The lowest BCUT2D eigenvalue weighted by Crippen LogP contribution is -2.35. The molecule has 1 saturated heterocycles. The number of rotatable bonds is 3. The van der Waals surface area contributed by atoms with Crippen LogP contribution in [0.3, 0.4) is 0 Å². The lowest BCUT2D eigenvalue weighted by atomic mass is 10.1. The van der Waals surface area contributed by atoms with Crippen molar-refractivity contribution < 1.29 is 14.3 Å². The highest BCUT2D eigenvalue weighted by molar-refractivity contribution is 6.03. The van der Waals surface area contributed by atoms with Gasteiger partial charge in [0.2, 0.25) is 0 Å². The van der Waals surface area contributed by atoms with Crippen molar-refractivity contribution in [3.05, 3.63) is 17.7 Å². The number of benzene rings is 1. The molecule has 2 heterocycles. The van der Waals surface area contributed by atoms with Gasteiger partial charge in [-0.2, -0.15) is 0 Å². The van der Waals surface area contributed by atoms with Crippen molar-refractivity contribution in [2.24, 2.45) is 10.7 Å². The molecule has 1 aromatic rings. The Morgan fingerprint density at radius 3 is 3.05 bits per heavy atom. The molecule has 0 spiro atoms. The molecule has 2 N–H and O–H groups in total. The lowest BCUT2D eigenvalue weighted by Gasteiger charge is -2.20. The molecule has 0 radical (unpaired) electrons. The summed E-state index contributed by atoms with van der Waals surface area (Å²) >= 11 is 0. The van der Waals surface area contributed by atoms with Gasteiger partial charge in [-0.25, -0.2) is 0 Å². The topological polar surface area (TPSA) is 77.2 Å². The summed E-state index contributed by atoms with van der Waals surface area (Å²) in [6.07, 6.45) is 3.82. The molecule has 20 heavy (non-hydrogen) atoms. The SMILES string of the molecule is COc1cc2c(cc1OCN)N=CC1CCCN1C2=O. The molecule has 6 heteroatoms. The van der Waals surface area contributed by atoms with E-state index in [2.05, 4.69) is 4.99 Å². The van der Waals surface area contributed by atoms with Crippen molar-refractivity contribution in [2.45, 2.75) is 18.9 Å². The maximum atomic E-state index is 12.6. The molecule has 3 rings (SSSR count). The molecular formula is C14H17N3O3. The minimum atomic E-state index is -0.00222. The zero-order valence-electron chi connectivity index (χ0n) is 11.3. The zero-order valence-corrected chi connectivity index (χ0v) is 11.3. The summed E-state index contributed by atoms with van der Waals surface area (Å²) in [5.74, 6) is 0.994. The van der Waals surface area contributed by atoms with E-state index >= 15 is 0 Å². The number of ether oxygens (including phenoxy) is 2. The first kappa shape index (κ1) is 12.9. The summed E-state index contributed by atoms with van der Waals surface area (Å²) in [6.45, 7) is 0.819. The van der Waals surface area contributed by atoms with Gasteiger partial charge in [0.05, 0.1) is 24.4 Å². The van der Waals surface area contributed by atoms with Gasteiger partial charge < -0.3 is 14.4 Å². The Bertz CT molecular complexity index is 571. The molecule has 2 aliphatic heterocycles. The third kappa shape index (κ3) is 2.02. The fraction of sp³-hybridized carbons (Fsp3) is 0.429. The van der Waals surface area contributed by atoms with Gasteiger partial charge in [0.15, 0.2) is 11.5 Å². The van der Waals surface area contributed by atoms with E-state index in [0.29, 0.717) is 22.7 Å². The predicted molar refractivity (Wildman–Crippen MR) is 74.9 cm³/mol. The number of amides is 1. The number of nitrogens with zero attached hydrogens (tertiary/aromatic N) is 2. The highest BCUT2D eigenvalue weighted by Gasteiger charge is 2.32. The average Bonchev–Trinajstić information content (AvgIpc) is 2.88. The lowest BCUT2D eigenvalue weighted by molar-refractivity contribution is 0.0774. The quantitative estimate of drug-likeness (QED) is 0.844. The normalized spacial score (nSPS) is 20.4. The summed E-state index contributed by atoms with van der Waals surface area (Å²) in [6, 6.07) is 3.48. The molecule has 1 aromatic carbocycles. The standard InChI is InChI=1S/C14H17N3O3/c1-19-12-5-10-11(6-13(12)20-8-15)16-7-9-3-2-4-17(9)14(10)18/h5-7,9H,2-4,8,15H2,1H3. The molecule has 6 nitrogen and oxygen atoms in total. The van der Waals surface area contributed by atoms with Gasteiger partial charge in [-0.15, -0.1) is 0 Å². The number of nitrogens with two attached hydrogens (primary N) is 1. The molecular weight excluding hydrogens is 258 g/mol. The van der Waals surface area contributed by atoms with Crippen LogP contribution in [0.25, 0.3) is 0 Å². The third-order valence-electron chi connectivity index (χ3n) is 3.70. The van der Waals surface area contributed by atoms with Gasteiger partial charge >= 0.3 is 0 Å². The molecule has 106 valence electrons. The van der Waals surface area contributed by atoms with E-state index < -0.39 is 0 Å². The van der Waals surface area contributed by atoms with Crippen molar-refractivity contribution in [1.29, 1.82) is 0 Å². The van der Waals surface area contributed by atoms with E-state index in [1.807, 2.05) is 11.1 Å². The van der Waals surface area contributed by atoms with Crippen molar-refractivity contribution in [2.75, 3.05) is 20.4 Å². The molecule has 2 aliphatic rings. The van der Waals surface area contributed by atoms with E-state index in [1.54, 1.807) is 12.1 Å². The van der Waals surface area contributed by atoms with Crippen LogP contribution >= 0.6 is 0 Å². The summed E-state index contributed by atoms with van der Waals surface area (Å²) in [5, 5.41) is 0. The first-order valence-electron chi connectivity index (χ1n) is 6.64. The second-order valence-corrected chi connectivity index (χ2v) is 4.82. The highest BCUT2D eigenvalue weighted by atomic mass is 16.5. The predicted octanol–water partition coefficient (Wildman–Crippen LogP) is 1.31. The van der Waals surface area contributed by atoms with Crippen LogP contribution in [0.5, 0.6) is 11.5 Å². The summed E-state index contributed by atoms with van der Waals surface area (Å²) < 4.78 is 10.6. The smallest absolute Gasteiger partial charge is 0.256 e. The van der Waals surface area contributed by atoms with E-state index in [0.717, 1.165) is 19.4 Å². The Labute approximate surface area is 117 Å². The Hall–Kier alpha value is -2.08. The number of hydrogen-bond donors (Lipinski definition) is 1. The van der Waals surface area contributed by atoms with Gasteiger partial charge in [-0.1, -0.05) is 0 Å². The van der Waals surface area contributed by atoms with Gasteiger partial charge in [0.1, 0.15) is 6.73 Å². The van der Waals surface area contributed by atoms with E-state index in [1.165, 1.54) is 7.11 Å².